The minimum Gasteiger partial charge on any atom is -0.353 e. The molecule has 4 rings (SSSR count). The number of carbonyl (C=O) groups is 1. The Balaban J connectivity index is 1.48. The van der Waals surface area contributed by atoms with Crippen molar-refractivity contribution >= 4 is 27.7 Å². The highest BCUT2D eigenvalue weighted by Gasteiger charge is 2.36. The van der Waals surface area contributed by atoms with Gasteiger partial charge in [-0.3, -0.25) is 4.79 Å². The second-order valence-electron chi connectivity index (χ2n) is 7.06. The Kier molecular flexibility index (Phi) is 5.03. The molecule has 0 spiro atoms. The second-order valence-corrected chi connectivity index (χ2v) is 7.87. The van der Waals surface area contributed by atoms with Crippen LogP contribution >= 0.6 is 15.9 Å². The SMILES string of the molecule is O=C(c1ccc(Br)nc1)N1CCN(c2ncc(C(F)(F)F)cc2C2CC2)CC1. The predicted octanol–water partition coefficient (Wildman–Crippen LogP) is 4.10. The van der Waals surface area contributed by atoms with Gasteiger partial charge in [-0.15, -0.1) is 0 Å². The maximum atomic E-state index is 13.0. The van der Waals surface area contributed by atoms with E-state index in [0.29, 0.717) is 47.7 Å². The third kappa shape index (κ3) is 3.99. The second kappa shape index (κ2) is 7.35. The lowest BCUT2D eigenvalue weighted by atomic mass is 10.1. The summed E-state index contributed by atoms with van der Waals surface area (Å²) in [6.45, 7) is 2.05. The summed E-state index contributed by atoms with van der Waals surface area (Å²) in [6.07, 6.45) is -0.164. The smallest absolute Gasteiger partial charge is 0.353 e. The van der Waals surface area contributed by atoms with Crippen LogP contribution in [0.1, 0.15) is 40.2 Å². The average molecular weight is 455 g/mol. The summed E-state index contributed by atoms with van der Waals surface area (Å²) in [5, 5.41) is 0. The van der Waals surface area contributed by atoms with Crippen molar-refractivity contribution in [2.75, 3.05) is 31.1 Å². The van der Waals surface area contributed by atoms with Crippen molar-refractivity contribution in [2.24, 2.45) is 0 Å². The van der Waals surface area contributed by atoms with Crippen molar-refractivity contribution in [3.63, 3.8) is 0 Å². The molecule has 148 valence electrons. The van der Waals surface area contributed by atoms with Crippen LogP contribution in [-0.4, -0.2) is 47.0 Å². The van der Waals surface area contributed by atoms with E-state index in [2.05, 4.69) is 25.9 Å². The monoisotopic (exact) mass is 454 g/mol. The summed E-state index contributed by atoms with van der Waals surface area (Å²) in [6, 6.07) is 4.68. The molecule has 0 unspecified atom stereocenters. The topological polar surface area (TPSA) is 49.3 Å². The number of rotatable bonds is 3. The van der Waals surface area contributed by atoms with Crippen LogP contribution in [0, 0.1) is 0 Å². The number of piperazine rings is 1. The van der Waals surface area contributed by atoms with Crippen LogP contribution < -0.4 is 4.90 Å². The average Bonchev–Trinajstić information content (AvgIpc) is 3.52. The number of hydrogen-bond acceptors (Lipinski definition) is 4. The molecule has 0 N–H and O–H groups in total. The Bertz CT molecular complexity index is 876. The minimum absolute atomic E-state index is 0.0950. The van der Waals surface area contributed by atoms with E-state index in [1.807, 2.05) is 4.90 Å². The van der Waals surface area contributed by atoms with Gasteiger partial charge in [0.25, 0.3) is 5.91 Å². The van der Waals surface area contributed by atoms with Crippen LogP contribution in [0.5, 0.6) is 0 Å². The van der Waals surface area contributed by atoms with Gasteiger partial charge in [-0.1, -0.05) is 0 Å². The summed E-state index contributed by atoms with van der Waals surface area (Å²) in [5.41, 5.74) is 0.490. The molecule has 28 heavy (non-hydrogen) atoms. The molecule has 1 amide bonds. The maximum absolute atomic E-state index is 13.0. The molecule has 2 aromatic heterocycles. The highest BCUT2D eigenvalue weighted by molar-refractivity contribution is 9.10. The van der Waals surface area contributed by atoms with Crippen molar-refractivity contribution in [1.82, 2.24) is 14.9 Å². The number of alkyl halides is 3. The Morgan fingerprint density at radius 2 is 1.79 bits per heavy atom. The third-order valence-electron chi connectivity index (χ3n) is 5.08. The number of carbonyl (C=O) groups excluding carboxylic acids is 1. The quantitative estimate of drug-likeness (QED) is 0.655. The molecule has 0 bridgehead atoms. The van der Waals surface area contributed by atoms with Gasteiger partial charge in [0.2, 0.25) is 0 Å². The molecule has 2 aromatic rings. The van der Waals surface area contributed by atoms with E-state index in [9.17, 15) is 18.0 Å². The molecular formula is C19H18BrF3N4O. The van der Waals surface area contributed by atoms with Crippen molar-refractivity contribution in [3.05, 3.63) is 51.9 Å². The molecule has 1 saturated heterocycles. The molecule has 0 radical (unpaired) electrons. The zero-order chi connectivity index (χ0) is 19.9. The fourth-order valence-corrected chi connectivity index (χ4v) is 3.63. The summed E-state index contributed by atoms with van der Waals surface area (Å²) in [7, 11) is 0. The normalized spacial score (nSPS) is 17.7. The van der Waals surface area contributed by atoms with Crippen molar-refractivity contribution in [2.45, 2.75) is 24.9 Å². The van der Waals surface area contributed by atoms with E-state index in [4.69, 9.17) is 0 Å². The lowest BCUT2D eigenvalue weighted by molar-refractivity contribution is -0.137. The third-order valence-corrected chi connectivity index (χ3v) is 5.55. The van der Waals surface area contributed by atoms with E-state index in [1.54, 1.807) is 17.0 Å². The molecule has 1 saturated carbocycles. The standard InChI is InChI=1S/C19H18BrF3N4O/c20-16-4-3-13(10-24-16)18(28)27-7-5-26(6-8-27)17-15(12-1-2-12)9-14(11-25-17)19(21,22)23/h3-4,9-12H,1-2,5-8H2. The van der Waals surface area contributed by atoms with Crippen molar-refractivity contribution in [1.29, 1.82) is 0 Å². The number of pyridine rings is 2. The maximum Gasteiger partial charge on any atom is 0.417 e. The molecule has 1 aliphatic heterocycles. The zero-order valence-corrected chi connectivity index (χ0v) is 16.5. The van der Waals surface area contributed by atoms with Crippen LogP contribution in [-0.2, 0) is 6.18 Å². The van der Waals surface area contributed by atoms with E-state index >= 15 is 0 Å². The summed E-state index contributed by atoms with van der Waals surface area (Å²) >= 11 is 3.24. The van der Waals surface area contributed by atoms with Gasteiger partial charge in [0, 0.05) is 38.6 Å². The first-order valence-electron chi connectivity index (χ1n) is 9.06. The number of aromatic nitrogens is 2. The van der Waals surface area contributed by atoms with E-state index < -0.39 is 11.7 Å². The van der Waals surface area contributed by atoms with Crippen LogP contribution in [0.3, 0.4) is 0 Å². The van der Waals surface area contributed by atoms with E-state index in [-0.39, 0.29) is 11.8 Å². The number of nitrogens with zero attached hydrogens (tertiary/aromatic N) is 4. The first kappa shape index (κ1) is 19.2. The van der Waals surface area contributed by atoms with Gasteiger partial charge >= 0.3 is 6.18 Å². The number of anilines is 1. The number of hydrogen-bond donors (Lipinski definition) is 0. The van der Waals surface area contributed by atoms with Crippen molar-refractivity contribution in [3.8, 4) is 0 Å². The van der Waals surface area contributed by atoms with Gasteiger partial charge in [0.15, 0.2) is 0 Å². The first-order chi connectivity index (χ1) is 13.3. The fraction of sp³-hybridized carbons (Fsp3) is 0.421. The van der Waals surface area contributed by atoms with Crippen LogP contribution in [0.2, 0.25) is 0 Å². The molecule has 0 atom stereocenters. The van der Waals surface area contributed by atoms with Gasteiger partial charge in [-0.05, 0) is 58.5 Å². The van der Waals surface area contributed by atoms with Gasteiger partial charge in [0.05, 0.1) is 11.1 Å². The summed E-state index contributed by atoms with van der Waals surface area (Å²) in [4.78, 5) is 24.6. The van der Waals surface area contributed by atoms with Gasteiger partial charge in [-0.25, -0.2) is 9.97 Å². The lowest BCUT2D eigenvalue weighted by Gasteiger charge is -2.36. The van der Waals surface area contributed by atoms with Crippen LogP contribution in [0.4, 0.5) is 19.0 Å². The van der Waals surface area contributed by atoms with Gasteiger partial charge in [0.1, 0.15) is 10.4 Å². The van der Waals surface area contributed by atoms with Crippen LogP contribution in [0.15, 0.2) is 35.2 Å². The van der Waals surface area contributed by atoms with Crippen LogP contribution in [0.25, 0.3) is 0 Å². The van der Waals surface area contributed by atoms with E-state index in [1.165, 1.54) is 12.3 Å². The predicted molar refractivity (Wildman–Crippen MR) is 101 cm³/mol. The molecular weight excluding hydrogens is 437 g/mol. The largest absolute Gasteiger partial charge is 0.417 e. The Morgan fingerprint density at radius 3 is 2.36 bits per heavy atom. The molecule has 1 aliphatic carbocycles. The number of amides is 1. The summed E-state index contributed by atoms with van der Waals surface area (Å²) < 4.78 is 39.8. The molecule has 2 aliphatic rings. The molecule has 0 aromatic carbocycles. The Labute approximate surface area is 168 Å². The van der Waals surface area contributed by atoms with Gasteiger partial charge < -0.3 is 9.80 Å². The number of halogens is 4. The molecule has 2 fully saturated rings. The van der Waals surface area contributed by atoms with Gasteiger partial charge in [-0.2, -0.15) is 13.2 Å². The molecule has 9 heteroatoms. The Morgan fingerprint density at radius 1 is 1.07 bits per heavy atom. The minimum atomic E-state index is -4.39. The first-order valence-corrected chi connectivity index (χ1v) is 9.85. The molecule has 3 heterocycles. The Hall–Kier alpha value is -2.16. The van der Waals surface area contributed by atoms with Crippen molar-refractivity contribution < 1.29 is 18.0 Å². The highest BCUT2D eigenvalue weighted by atomic mass is 79.9. The van der Waals surface area contributed by atoms with E-state index in [0.717, 1.165) is 19.0 Å². The molecule has 5 nitrogen and oxygen atoms in total. The lowest BCUT2D eigenvalue weighted by Crippen LogP contribution is -2.49. The summed E-state index contributed by atoms with van der Waals surface area (Å²) in [5.74, 6) is 0.675. The fourth-order valence-electron chi connectivity index (χ4n) is 3.39. The highest BCUT2D eigenvalue weighted by Crippen LogP contribution is 2.45. The zero-order valence-electron chi connectivity index (χ0n) is 14.9.